The van der Waals surface area contributed by atoms with Gasteiger partial charge < -0.3 is 10.5 Å². The van der Waals surface area contributed by atoms with Crippen LogP contribution in [0.25, 0.3) is 11.3 Å². The molecule has 0 spiro atoms. The van der Waals surface area contributed by atoms with E-state index in [2.05, 4.69) is 10.00 Å². The highest BCUT2D eigenvalue weighted by atomic mass is 19.1. The molecule has 3 rings (SSSR count). The van der Waals surface area contributed by atoms with Crippen molar-refractivity contribution in [3.63, 3.8) is 0 Å². The molecule has 1 aliphatic rings. The predicted octanol–water partition coefficient (Wildman–Crippen LogP) is 1.64. The van der Waals surface area contributed by atoms with Crippen LogP contribution >= 0.6 is 0 Å². The lowest BCUT2D eigenvalue weighted by Crippen LogP contribution is -2.35. The van der Waals surface area contributed by atoms with E-state index in [1.165, 1.54) is 6.07 Å². The Bertz CT molecular complexity index is 615. The van der Waals surface area contributed by atoms with E-state index in [-0.39, 0.29) is 5.82 Å². The summed E-state index contributed by atoms with van der Waals surface area (Å²) in [5, 5.41) is 4.26. The quantitative estimate of drug-likeness (QED) is 0.933. The Morgan fingerprint density at radius 3 is 2.67 bits per heavy atom. The summed E-state index contributed by atoms with van der Waals surface area (Å²) in [4.78, 5) is 2.19. The third kappa shape index (κ3) is 3.06. The Morgan fingerprint density at radius 2 is 2.05 bits per heavy atom. The van der Waals surface area contributed by atoms with E-state index >= 15 is 0 Å². The van der Waals surface area contributed by atoms with Crippen molar-refractivity contribution >= 4 is 5.82 Å². The van der Waals surface area contributed by atoms with Gasteiger partial charge in [-0.2, -0.15) is 5.10 Å². The van der Waals surface area contributed by atoms with E-state index in [0.29, 0.717) is 36.8 Å². The second kappa shape index (κ2) is 5.83. The molecule has 2 heterocycles. The summed E-state index contributed by atoms with van der Waals surface area (Å²) in [6.45, 7) is 3.73. The van der Waals surface area contributed by atoms with Crippen LogP contribution in [0.1, 0.15) is 5.56 Å². The van der Waals surface area contributed by atoms with E-state index in [1.807, 2.05) is 12.1 Å². The lowest BCUT2D eigenvalue weighted by molar-refractivity contribution is 0.0337. The second-order valence-corrected chi connectivity index (χ2v) is 5.27. The minimum atomic E-state index is -0.205. The first kappa shape index (κ1) is 14.0. The first-order chi connectivity index (χ1) is 10.1. The number of hydrogen-bond acceptors (Lipinski definition) is 4. The number of hydrogen-bond donors (Lipinski definition) is 1. The number of rotatable bonds is 3. The molecule has 0 bridgehead atoms. The van der Waals surface area contributed by atoms with Gasteiger partial charge in [0.2, 0.25) is 0 Å². The third-order valence-corrected chi connectivity index (χ3v) is 3.76. The predicted molar refractivity (Wildman–Crippen MR) is 79.1 cm³/mol. The van der Waals surface area contributed by atoms with Crippen molar-refractivity contribution in [1.29, 1.82) is 0 Å². The van der Waals surface area contributed by atoms with Crippen LogP contribution in [0.15, 0.2) is 24.3 Å². The zero-order chi connectivity index (χ0) is 14.8. The van der Waals surface area contributed by atoms with Gasteiger partial charge in [0.15, 0.2) is 0 Å². The maximum atomic E-state index is 14.3. The van der Waals surface area contributed by atoms with Gasteiger partial charge in [0.05, 0.1) is 18.9 Å². The standard InChI is InChI=1S/C15H19FN4O/c1-19-15(17)9-14(18-19)11-2-3-12(13(16)8-11)10-20-4-6-21-7-5-20/h2-3,8-9H,4-7,10,17H2,1H3. The summed E-state index contributed by atoms with van der Waals surface area (Å²) >= 11 is 0. The maximum Gasteiger partial charge on any atom is 0.128 e. The number of benzene rings is 1. The normalized spacial score (nSPS) is 16.3. The van der Waals surface area contributed by atoms with Crippen LogP contribution in [0.2, 0.25) is 0 Å². The van der Waals surface area contributed by atoms with Crippen molar-refractivity contribution in [3.05, 3.63) is 35.6 Å². The van der Waals surface area contributed by atoms with Crippen molar-refractivity contribution < 1.29 is 9.13 Å². The van der Waals surface area contributed by atoms with Gasteiger partial charge in [-0.25, -0.2) is 4.39 Å². The van der Waals surface area contributed by atoms with E-state index in [1.54, 1.807) is 17.8 Å². The zero-order valence-corrected chi connectivity index (χ0v) is 12.1. The van der Waals surface area contributed by atoms with Gasteiger partial charge in [-0.3, -0.25) is 9.58 Å². The van der Waals surface area contributed by atoms with Crippen molar-refractivity contribution in [1.82, 2.24) is 14.7 Å². The monoisotopic (exact) mass is 290 g/mol. The van der Waals surface area contributed by atoms with Crippen molar-refractivity contribution in [2.75, 3.05) is 32.0 Å². The first-order valence-electron chi connectivity index (χ1n) is 7.02. The van der Waals surface area contributed by atoms with Crippen molar-refractivity contribution in [2.24, 2.45) is 7.05 Å². The minimum Gasteiger partial charge on any atom is -0.384 e. The van der Waals surface area contributed by atoms with Gasteiger partial charge >= 0.3 is 0 Å². The van der Waals surface area contributed by atoms with Gasteiger partial charge in [-0.15, -0.1) is 0 Å². The van der Waals surface area contributed by atoms with E-state index < -0.39 is 0 Å². The molecule has 1 saturated heterocycles. The summed E-state index contributed by atoms with van der Waals surface area (Å²) < 4.78 is 21.2. The highest BCUT2D eigenvalue weighted by Crippen LogP contribution is 2.23. The molecule has 1 aliphatic heterocycles. The molecular weight excluding hydrogens is 271 g/mol. The van der Waals surface area contributed by atoms with Crippen LogP contribution in [0, 0.1) is 5.82 Å². The SMILES string of the molecule is Cn1nc(-c2ccc(CN3CCOCC3)c(F)c2)cc1N. The summed E-state index contributed by atoms with van der Waals surface area (Å²) in [5.41, 5.74) is 7.88. The van der Waals surface area contributed by atoms with Crippen molar-refractivity contribution in [3.8, 4) is 11.3 Å². The summed E-state index contributed by atoms with van der Waals surface area (Å²) in [6.07, 6.45) is 0. The fraction of sp³-hybridized carbons (Fsp3) is 0.400. The molecular formula is C15H19FN4O. The molecule has 0 unspecified atom stereocenters. The molecule has 0 aliphatic carbocycles. The molecule has 2 aromatic rings. The number of halogens is 1. The Kier molecular flexibility index (Phi) is 3.90. The van der Waals surface area contributed by atoms with Crippen LogP contribution < -0.4 is 5.73 Å². The molecule has 2 N–H and O–H groups in total. The van der Waals surface area contributed by atoms with Crippen LogP contribution in [0.5, 0.6) is 0 Å². The summed E-state index contributed by atoms with van der Waals surface area (Å²) in [5.74, 6) is 0.353. The Labute approximate surface area is 123 Å². The first-order valence-corrected chi connectivity index (χ1v) is 7.02. The summed E-state index contributed by atoms with van der Waals surface area (Å²) in [6, 6.07) is 6.99. The summed E-state index contributed by atoms with van der Waals surface area (Å²) in [7, 11) is 1.77. The van der Waals surface area contributed by atoms with Crippen LogP contribution in [-0.4, -0.2) is 41.0 Å². The van der Waals surface area contributed by atoms with Crippen LogP contribution in [-0.2, 0) is 18.3 Å². The molecule has 0 radical (unpaired) electrons. The number of aromatic nitrogens is 2. The van der Waals surface area contributed by atoms with Gasteiger partial charge in [-0.05, 0) is 6.07 Å². The van der Waals surface area contributed by atoms with E-state index in [4.69, 9.17) is 10.5 Å². The number of morpholine rings is 1. The fourth-order valence-electron chi connectivity index (χ4n) is 2.46. The fourth-order valence-corrected chi connectivity index (χ4v) is 2.46. The molecule has 0 saturated carbocycles. The molecule has 21 heavy (non-hydrogen) atoms. The second-order valence-electron chi connectivity index (χ2n) is 5.27. The number of nitrogen functional groups attached to an aromatic ring is 1. The Morgan fingerprint density at radius 1 is 1.29 bits per heavy atom. The van der Waals surface area contributed by atoms with Gasteiger partial charge in [-0.1, -0.05) is 12.1 Å². The Hall–Kier alpha value is -1.92. The van der Waals surface area contributed by atoms with Crippen LogP contribution in [0.4, 0.5) is 10.2 Å². The van der Waals surface area contributed by atoms with Gasteiger partial charge in [0, 0.05) is 43.9 Å². The molecule has 0 atom stereocenters. The molecule has 1 aromatic heterocycles. The van der Waals surface area contributed by atoms with E-state index in [9.17, 15) is 4.39 Å². The number of aryl methyl sites for hydroxylation is 1. The topological polar surface area (TPSA) is 56.3 Å². The molecule has 6 heteroatoms. The highest BCUT2D eigenvalue weighted by Gasteiger charge is 2.14. The average molecular weight is 290 g/mol. The van der Waals surface area contributed by atoms with Gasteiger partial charge in [0.1, 0.15) is 11.6 Å². The lowest BCUT2D eigenvalue weighted by Gasteiger charge is -2.26. The number of ether oxygens (including phenoxy) is 1. The molecule has 0 amide bonds. The maximum absolute atomic E-state index is 14.3. The number of nitrogens with zero attached hydrogens (tertiary/aromatic N) is 3. The molecule has 1 fully saturated rings. The molecule has 5 nitrogen and oxygen atoms in total. The molecule has 112 valence electrons. The van der Waals surface area contributed by atoms with Crippen LogP contribution in [0.3, 0.4) is 0 Å². The number of anilines is 1. The minimum absolute atomic E-state index is 0.205. The highest BCUT2D eigenvalue weighted by molar-refractivity contribution is 5.62. The number of nitrogens with two attached hydrogens (primary N) is 1. The van der Waals surface area contributed by atoms with E-state index in [0.717, 1.165) is 18.7 Å². The zero-order valence-electron chi connectivity index (χ0n) is 12.1. The molecule has 1 aromatic carbocycles. The smallest absolute Gasteiger partial charge is 0.128 e. The lowest BCUT2D eigenvalue weighted by atomic mass is 10.1. The largest absolute Gasteiger partial charge is 0.384 e. The van der Waals surface area contributed by atoms with Gasteiger partial charge in [0.25, 0.3) is 0 Å². The third-order valence-electron chi connectivity index (χ3n) is 3.76. The Balaban J connectivity index is 1.79. The average Bonchev–Trinajstić information content (AvgIpc) is 2.82. The van der Waals surface area contributed by atoms with Crippen molar-refractivity contribution in [2.45, 2.75) is 6.54 Å².